The van der Waals surface area contributed by atoms with Gasteiger partial charge in [-0.1, -0.05) is 0 Å². The smallest absolute Gasteiger partial charge is 0.294 e. The van der Waals surface area contributed by atoms with Crippen LogP contribution < -0.4 is 5.32 Å². The van der Waals surface area contributed by atoms with Gasteiger partial charge in [-0.15, -0.1) is 0 Å². The lowest BCUT2D eigenvalue weighted by Gasteiger charge is -2.32. The number of aliphatic imine (C=N–C) groups is 1. The lowest BCUT2D eigenvalue weighted by atomic mass is 10.2. The Bertz CT molecular complexity index is 480. The summed E-state index contributed by atoms with van der Waals surface area (Å²) in [4.78, 5) is 19.0. The van der Waals surface area contributed by atoms with Crippen LogP contribution in [0.25, 0.3) is 0 Å². The van der Waals surface area contributed by atoms with E-state index in [4.69, 9.17) is 4.74 Å². The summed E-state index contributed by atoms with van der Waals surface area (Å²) < 4.78 is 29.7. The number of nitrogens with one attached hydrogen (secondary N) is 1. The van der Waals surface area contributed by atoms with Gasteiger partial charge in [-0.05, 0) is 7.05 Å². The highest BCUT2D eigenvalue weighted by molar-refractivity contribution is 7.91. The molecule has 0 amide bonds. The molecular weight excluding hydrogens is 308 g/mol. The summed E-state index contributed by atoms with van der Waals surface area (Å²) >= 11 is 0. The summed E-state index contributed by atoms with van der Waals surface area (Å²) in [5, 5.41) is 2.96. The number of ether oxygens (including phenoxy) is 1. The van der Waals surface area contributed by atoms with Crippen LogP contribution >= 0.6 is 0 Å². The van der Waals surface area contributed by atoms with Crippen LogP contribution in [0.1, 0.15) is 6.42 Å². The minimum atomic E-state index is -3.49. The maximum Gasteiger partial charge on any atom is 0.294 e. The fourth-order valence-electron chi connectivity index (χ4n) is 2.57. The summed E-state index contributed by atoms with van der Waals surface area (Å²) in [7, 11) is -1.43. The van der Waals surface area contributed by atoms with E-state index in [0.29, 0.717) is 13.1 Å². The van der Waals surface area contributed by atoms with Crippen molar-refractivity contribution in [3.8, 4) is 0 Å². The molecule has 0 radical (unpaired) electrons. The van der Waals surface area contributed by atoms with E-state index >= 15 is 0 Å². The van der Waals surface area contributed by atoms with Gasteiger partial charge >= 0.3 is 0 Å². The first-order valence-corrected chi connectivity index (χ1v) is 9.19. The van der Waals surface area contributed by atoms with Crippen LogP contribution in [0.3, 0.4) is 0 Å². The number of sulfone groups is 1. The fourth-order valence-corrected chi connectivity index (χ4v) is 4.09. The minimum absolute atomic E-state index is 0.00278. The highest BCUT2D eigenvalue weighted by atomic mass is 32.2. The number of piperazine rings is 1. The van der Waals surface area contributed by atoms with Crippen molar-refractivity contribution in [3.63, 3.8) is 0 Å². The van der Waals surface area contributed by atoms with Crippen molar-refractivity contribution in [1.29, 1.82) is 0 Å². The van der Waals surface area contributed by atoms with Gasteiger partial charge in [0.2, 0.25) is 5.44 Å². The van der Waals surface area contributed by atoms with Crippen LogP contribution in [0.15, 0.2) is 4.99 Å². The van der Waals surface area contributed by atoms with E-state index in [2.05, 4.69) is 27.2 Å². The Morgan fingerprint density at radius 2 is 2.14 bits per heavy atom. The molecule has 2 unspecified atom stereocenters. The maximum absolute atomic E-state index is 12.4. The Labute approximate surface area is 131 Å². The second-order valence-electron chi connectivity index (χ2n) is 5.77. The molecule has 0 aromatic carbocycles. The Balaban J connectivity index is 1.85. The molecule has 2 rings (SSSR count). The van der Waals surface area contributed by atoms with Crippen LogP contribution in [0.5, 0.6) is 0 Å². The number of hydrogen-bond donors (Lipinski definition) is 1. The quantitative estimate of drug-likeness (QED) is 0.543. The van der Waals surface area contributed by atoms with E-state index in [1.54, 1.807) is 6.34 Å². The normalized spacial score (nSPS) is 24.9. The van der Waals surface area contributed by atoms with Gasteiger partial charge in [-0.3, -0.25) is 14.7 Å². The number of carbonyl (C=O) groups excluding carboxylic acids is 1. The Morgan fingerprint density at radius 3 is 2.73 bits per heavy atom. The van der Waals surface area contributed by atoms with Gasteiger partial charge in [0.15, 0.2) is 9.84 Å². The average molecular weight is 332 g/mol. The van der Waals surface area contributed by atoms with Crippen molar-refractivity contribution in [3.05, 3.63) is 0 Å². The molecule has 8 nitrogen and oxygen atoms in total. The lowest BCUT2D eigenvalue weighted by Crippen LogP contribution is -2.46. The SMILES string of the molecule is CN1CCN(CCS(=O)(=O)C(CC2CN=CN2)OC=O)CC1. The first kappa shape index (κ1) is 17.2. The van der Waals surface area contributed by atoms with Gasteiger partial charge in [0, 0.05) is 39.1 Å². The van der Waals surface area contributed by atoms with Crippen LogP contribution in [0.2, 0.25) is 0 Å². The van der Waals surface area contributed by atoms with Gasteiger partial charge in [0.1, 0.15) is 0 Å². The molecule has 0 aromatic rings. The molecule has 1 fully saturated rings. The van der Waals surface area contributed by atoms with E-state index in [9.17, 15) is 13.2 Å². The van der Waals surface area contributed by atoms with Crippen molar-refractivity contribution in [2.75, 3.05) is 52.1 Å². The van der Waals surface area contributed by atoms with Crippen molar-refractivity contribution in [2.45, 2.75) is 17.9 Å². The maximum atomic E-state index is 12.4. The third kappa shape index (κ3) is 4.92. The fraction of sp³-hybridized carbons (Fsp3) is 0.846. The highest BCUT2D eigenvalue weighted by Gasteiger charge is 2.31. The van der Waals surface area contributed by atoms with Gasteiger partial charge in [0.05, 0.1) is 24.7 Å². The monoisotopic (exact) mass is 332 g/mol. The van der Waals surface area contributed by atoms with Crippen LogP contribution in [0, 0.1) is 0 Å². The molecule has 0 bridgehead atoms. The second-order valence-corrected chi connectivity index (χ2v) is 8.03. The summed E-state index contributed by atoms with van der Waals surface area (Å²) in [5.41, 5.74) is -1.10. The predicted molar refractivity (Wildman–Crippen MR) is 83.6 cm³/mol. The summed E-state index contributed by atoms with van der Waals surface area (Å²) in [6.45, 7) is 4.81. The standard InChI is InChI=1S/C13H24N4O4S/c1-16-2-4-17(5-3-16)6-7-22(19,20)13(21-11-18)8-12-9-14-10-15-12/h10-13H,2-9H2,1H3,(H,14,15). The predicted octanol–water partition coefficient (Wildman–Crippen LogP) is -1.46. The van der Waals surface area contributed by atoms with Crippen molar-refractivity contribution in [1.82, 2.24) is 15.1 Å². The van der Waals surface area contributed by atoms with E-state index in [1.165, 1.54) is 0 Å². The first-order chi connectivity index (χ1) is 10.5. The summed E-state index contributed by atoms with van der Waals surface area (Å²) in [6, 6.07) is -0.0941. The molecule has 2 heterocycles. The van der Waals surface area contributed by atoms with E-state index in [1.807, 2.05) is 0 Å². The second kappa shape index (κ2) is 7.89. The molecule has 0 aliphatic carbocycles. The Hall–Kier alpha value is -1.19. The van der Waals surface area contributed by atoms with E-state index < -0.39 is 15.3 Å². The highest BCUT2D eigenvalue weighted by Crippen LogP contribution is 2.13. The molecule has 2 aliphatic rings. The average Bonchev–Trinajstić information content (AvgIpc) is 2.99. The Morgan fingerprint density at radius 1 is 1.41 bits per heavy atom. The van der Waals surface area contributed by atoms with Crippen molar-refractivity contribution >= 4 is 22.6 Å². The molecule has 2 atom stereocenters. The zero-order valence-corrected chi connectivity index (χ0v) is 13.7. The minimum Gasteiger partial charge on any atom is -0.448 e. The molecule has 1 N–H and O–H groups in total. The number of rotatable bonds is 8. The third-order valence-corrected chi connectivity index (χ3v) is 5.96. The molecule has 0 saturated carbocycles. The van der Waals surface area contributed by atoms with Crippen LogP contribution in [-0.4, -0.2) is 94.6 Å². The molecule has 2 aliphatic heterocycles. The van der Waals surface area contributed by atoms with Crippen molar-refractivity contribution < 1.29 is 17.9 Å². The molecule has 22 heavy (non-hydrogen) atoms. The zero-order valence-electron chi connectivity index (χ0n) is 12.8. The van der Waals surface area contributed by atoms with Gasteiger partial charge in [-0.2, -0.15) is 0 Å². The molecule has 1 saturated heterocycles. The Kier molecular flexibility index (Phi) is 6.16. The molecule has 9 heteroatoms. The lowest BCUT2D eigenvalue weighted by molar-refractivity contribution is -0.130. The largest absolute Gasteiger partial charge is 0.448 e. The number of hydrogen-bond acceptors (Lipinski definition) is 8. The van der Waals surface area contributed by atoms with E-state index in [-0.39, 0.29) is 24.7 Å². The topological polar surface area (TPSA) is 91.3 Å². The molecular formula is C13H24N4O4S. The molecule has 0 aromatic heterocycles. The van der Waals surface area contributed by atoms with Gasteiger partial charge < -0.3 is 15.0 Å². The van der Waals surface area contributed by atoms with Gasteiger partial charge in [0.25, 0.3) is 6.47 Å². The number of nitrogens with zero attached hydrogens (tertiary/aromatic N) is 3. The molecule has 0 spiro atoms. The van der Waals surface area contributed by atoms with Crippen molar-refractivity contribution in [2.24, 2.45) is 4.99 Å². The summed E-state index contributed by atoms with van der Waals surface area (Å²) in [5.74, 6) is 0.00278. The zero-order chi connectivity index (χ0) is 16.0. The van der Waals surface area contributed by atoms with Crippen LogP contribution in [0.4, 0.5) is 0 Å². The number of carbonyl (C=O) groups is 1. The van der Waals surface area contributed by atoms with Gasteiger partial charge in [-0.25, -0.2) is 8.42 Å². The molecule has 126 valence electrons. The van der Waals surface area contributed by atoms with Crippen LogP contribution in [-0.2, 0) is 19.4 Å². The summed E-state index contributed by atoms with van der Waals surface area (Å²) in [6.07, 6.45) is 1.78. The first-order valence-electron chi connectivity index (χ1n) is 7.47. The van der Waals surface area contributed by atoms with E-state index in [0.717, 1.165) is 26.2 Å². The number of likely N-dealkylation sites (N-methyl/N-ethyl adjacent to an activating group) is 1. The third-order valence-electron chi connectivity index (χ3n) is 4.10.